The van der Waals surface area contributed by atoms with Crippen molar-refractivity contribution in [3.63, 3.8) is 0 Å². The molecule has 2 aliphatic heterocycles. The van der Waals surface area contributed by atoms with Crippen LogP contribution in [0.4, 0.5) is 21.5 Å². The number of aromatic nitrogens is 4. The van der Waals surface area contributed by atoms with Crippen LogP contribution < -0.4 is 20.4 Å². The van der Waals surface area contributed by atoms with Crippen LogP contribution in [-0.4, -0.2) is 112 Å². The van der Waals surface area contributed by atoms with E-state index in [1.807, 2.05) is 93.5 Å². The zero-order chi connectivity index (χ0) is 49.9. The second-order valence-corrected chi connectivity index (χ2v) is 20.2. The summed E-state index contributed by atoms with van der Waals surface area (Å²) in [5.41, 5.74) is 1.02. The zero-order valence-corrected chi connectivity index (χ0v) is 43.9. The Morgan fingerprint density at radius 2 is 1.09 bits per heavy atom. The van der Waals surface area contributed by atoms with Crippen LogP contribution in [0.25, 0.3) is 0 Å². The molecule has 2 N–H and O–H groups in total. The van der Waals surface area contributed by atoms with Crippen molar-refractivity contribution in [1.29, 1.82) is 0 Å². The standard InChI is InChI=1S/C25H33ClN4O5.C23H30ClIN4O4/c1-6-34-22(32)21-20(16(2)31)28-23(30(21)14-17-10-7-8-12-19(17)26)29-13-9-11-18(15-29)27-24(33)35-25(3,4)5;1-5-32-20(30)18-19(25)27-21(29(18)13-15-9-6-7-11-17(15)24)28-12-8-10-16(14-28)26-22(31)33-23(2,3)4/h7-8,10,12,18H,6,9,11,13-15H2,1-5H3,(H,27,33);6-7,9,11,16H,5,8,10,12-14H2,1-4H3,(H,26,31)/t18-;16-/m11/s1. The number of hydrogen-bond acceptors (Lipinski definition) is 13. The maximum atomic E-state index is 12.9. The first kappa shape index (κ1) is 53.9. The van der Waals surface area contributed by atoms with E-state index in [9.17, 15) is 24.0 Å². The molecule has 2 aromatic carbocycles. The van der Waals surface area contributed by atoms with Crippen LogP contribution in [-0.2, 0) is 32.0 Å². The average molecular weight is 1090 g/mol. The predicted octanol–water partition coefficient (Wildman–Crippen LogP) is 9.32. The van der Waals surface area contributed by atoms with Crippen molar-refractivity contribution in [2.75, 3.05) is 49.2 Å². The Bertz CT molecular complexity index is 2430. The van der Waals surface area contributed by atoms with Crippen LogP contribution in [0.2, 0.25) is 10.0 Å². The first-order valence-corrected chi connectivity index (χ1v) is 24.6. The number of alkyl carbamates (subject to hydrolysis) is 2. The summed E-state index contributed by atoms with van der Waals surface area (Å²) in [4.78, 5) is 76.2. The molecule has 0 spiro atoms. The Labute approximate surface area is 422 Å². The van der Waals surface area contributed by atoms with E-state index in [4.69, 9.17) is 47.1 Å². The molecule has 2 atom stereocenters. The summed E-state index contributed by atoms with van der Waals surface area (Å²) < 4.78 is 25.5. The number of rotatable bonds is 13. The highest BCUT2D eigenvalue weighted by Gasteiger charge is 2.34. The minimum absolute atomic E-state index is 0.0488. The van der Waals surface area contributed by atoms with Gasteiger partial charge in [-0.05, 0) is 127 Å². The van der Waals surface area contributed by atoms with Gasteiger partial charge in [0.1, 0.15) is 20.6 Å². The Kier molecular flexibility index (Phi) is 19.0. The zero-order valence-electron chi connectivity index (χ0n) is 40.3. The number of carbonyl (C=O) groups excluding carboxylic acids is 5. The topological polar surface area (TPSA) is 188 Å². The van der Waals surface area contributed by atoms with Gasteiger partial charge in [0.25, 0.3) is 0 Å². The molecule has 2 saturated heterocycles. The van der Waals surface area contributed by atoms with Gasteiger partial charge in [0.15, 0.2) is 17.2 Å². The monoisotopic (exact) mass is 1090 g/mol. The summed E-state index contributed by atoms with van der Waals surface area (Å²) in [5, 5.41) is 7.04. The number of Topliss-reactive ketones (excluding diaryl/α,β-unsaturated/α-hetero) is 1. The summed E-state index contributed by atoms with van der Waals surface area (Å²) in [5.74, 6) is -0.281. The second-order valence-electron chi connectivity index (χ2n) is 18.4. The van der Waals surface area contributed by atoms with Crippen LogP contribution in [0.3, 0.4) is 0 Å². The van der Waals surface area contributed by atoms with Crippen LogP contribution in [0.15, 0.2) is 48.5 Å². The molecule has 2 fully saturated rings. The number of halogens is 3. The van der Waals surface area contributed by atoms with Crippen LogP contribution in [0.5, 0.6) is 0 Å². The number of esters is 2. The van der Waals surface area contributed by atoms with E-state index < -0.39 is 35.3 Å². The van der Waals surface area contributed by atoms with E-state index in [1.165, 1.54) is 6.92 Å². The molecular formula is C48H63Cl2IN8O9. The lowest BCUT2D eigenvalue weighted by Gasteiger charge is -2.34. The molecule has 0 aliphatic carbocycles. The number of nitrogens with one attached hydrogen (secondary N) is 2. The van der Waals surface area contributed by atoms with Crippen LogP contribution >= 0.6 is 45.8 Å². The number of amides is 2. The van der Waals surface area contributed by atoms with Gasteiger partial charge in [-0.2, -0.15) is 0 Å². The fourth-order valence-electron chi connectivity index (χ4n) is 7.78. The molecule has 2 aromatic heterocycles. The minimum Gasteiger partial charge on any atom is -0.461 e. The Morgan fingerprint density at radius 1 is 0.676 bits per heavy atom. The largest absolute Gasteiger partial charge is 0.461 e. The third kappa shape index (κ3) is 15.0. The summed E-state index contributed by atoms with van der Waals surface area (Å²) in [7, 11) is 0. The van der Waals surface area contributed by atoms with Crippen molar-refractivity contribution < 1.29 is 42.9 Å². The van der Waals surface area contributed by atoms with Gasteiger partial charge in [-0.15, -0.1) is 0 Å². The van der Waals surface area contributed by atoms with Crippen molar-refractivity contribution in [3.05, 3.63) is 90.5 Å². The highest BCUT2D eigenvalue weighted by atomic mass is 127. The van der Waals surface area contributed by atoms with Gasteiger partial charge in [-0.25, -0.2) is 29.1 Å². The number of anilines is 2. The van der Waals surface area contributed by atoms with E-state index in [0.29, 0.717) is 57.5 Å². The predicted molar refractivity (Wildman–Crippen MR) is 269 cm³/mol. The SMILES string of the molecule is CCOC(=O)c1c(C(C)=O)nc(N2CCC[C@@H](NC(=O)OC(C)(C)C)C2)n1Cc1ccccc1Cl.CCOC(=O)c1c(I)nc(N2CCC[C@@H](NC(=O)OC(C)(C)C)C2)n1Cc1ccccc1Cl. The number of benzene rings is 2. The number of imidazole rings is 2. The highest BCUT2D eigenvalue weighted by Crippen LogP contribution is 2.30. The Morgan fingerprint density at radius 3 is 1.50 bits per heavy atom. The number of piperidine rings is 2. The molecule has 370 valence electrons. The van der Waals surface area contributed by atoms with Gasteiger partial charge in [0.2, 0.25) is 11.9 Å². The number of nitrogens with zero attached hydrogens (tertiary/aromatic N) is 6. The van der Waals surface area contributed by atoms with Gasteiger partial charge in [0.05, 0.1) is 26.3 Å². The van der Waals surface area contributed by atoms with Gasteiger partial charge in [-0.3, -0.25) is 13.9 Å². The third-order valence-corrected chi connectivity index (χ3v) is 12.0. The molecule has 0 saturated carbocycles. The Balaban J connectivity index is 0.000000255. The highest BCUT2D eigenvalue weighted by molar-refractivity contribution is 14.1. The van der Waals surface area contributed by atoms with Gasteiger partial charge in [-0.1, -0.05) is 59.6 Å². The molecular weight excluding hydrogens is 1030 g/mol. The molecule has 4 heterocycles. The average Bonchev–Trinajstić information content (AvgIpc) is 3.79. The van der Waals surface area contributed by atoms with Gasteiger partial charge >= 0.3 is 24.1 Å². The van der Waals surface area contributed by atoms with E-state index in [1.54, 1.807) is 24.5 Å². The smallest absolute Gasteiger partial charge is 0.407 e. The van der Waals surface area contributed by atoms with Crippen molar-refractivity contribution >= 4 is 87.6 Å². The number of ether oxygens (including phenoxy) is 4. The second kappa shape index (κ2) is 24.0. The summed E-state index contributed by atoms with van der Waals surface area (Å²) in [6, 6.07) is 14.6. The van der Waals surface area contributed by atoms with Crippen molar-refractivity contribution in [3.8, 4) is 0 Å². The molecule has 2 aliphatic rings. The molecule has 2 amide bonds. The van der Waals surface area contributed by atoms with E-state index in [-0.39, 0.29) is 49.0 Å². The molecule has 0 unspecified atom stereocenters. The number of carbonyl (C=O) groups is 5. The van der Waals surface area contributed by atoms with E-state index in [2.05, 4.69) is 43.1 Å². The van der Waals surface area contributed by atoms with Gasteiger partial charge < -0.3 is 39.4 Å². The van der Waals surface area contributed by atoms with Crippen molar-refractivity contribution in [2.24, 2.45) is 0 Å². The molecule has 68 heavy (non-hydrogen) atoms. The molecule has 0 radical (unpaired) electrons. The number of ketones is 1. The van der Waals surface area contributed by atoms with Crippen LogP contribution in [0.1, 0.15) is 131 Å². The maximum Gasteiger partial charge on any atom is 0.407 e. The van der Waals surface area contributed by atoms with Crippen molar-refractivity contribution in [2.45, 2.75) is 124 Å². The normalized spacial score (nSPS) is 16.2. The third-order valence-electron chi connectivity index (χ3n) is 10.5. The van der Waals surface area contributed by atoms with Crippen LogP contribution in [0, 0.1) is 3.70 Å². The van der Waals surface area contributed by atoms with E-state index in [0.717, 1.165) is 43.4 Å². The van der Waals surface area contributed by atoms with Gasteiger partial charge in [0, 0.05) is 55.2 Å². The molecule has 17 nitrogen and oxygen atoms in total. The lowest BCUT2D eigenvalue weighted by atomic mass is 10.1. The summed E-state index contributed by atoms with van der Waals surface area (Å²) in [6.45, 7) is 19.2. The lowest BCUT2D eigenvalue weighted by Crippen LogP contribution is -2.49. The molecule has 0 bridgehead atoms. The maximum absolute atomic E-state index is 12.9. The fraction of sp³-hybridized carbons (Fsp3) is 0.521. The first-order chi connectivity index (χ1) is 32.1. The molecule has 6 rings (SSSR count). The minimum atomic E-state index is -0.621. The summed E-state index contributed by atoms with van der Waals surface area (Å²) >= 11 is 14.9. The van der Waals surface area contributed by atoms with Crippen molar-refractivity contribution in [1.82, 2.24) is 29.7 Å². The summed E-state index contributed by atoms with van der Waals surface area (Å²) in [6.07, 6.45) is 2.33. The lowest BCUT2D eigenvalue weighted by molar-refractivity contribution is 0.0487. The molecule has 4 aromatic rings. The molecule has 20 heteroatoms. The fourth-order valence-corrected chi connectivity index (χ4v) is 8.90. The first-order valence-electron chi connectivity index (χ1n) is 22.8. The van der Waals surface area contributed by atoms with E-state index >= 15 is 0 Å². The quantitative estimate of drug-likeness (QED) is 0.0559. The Hall–Kier alpha value is -5.08. The number of hydrogen-bond donors (Lipinski definition) is 2.